The molecule has 5 heterocycles. The lowest BCUT2D eigenvalue weighted by molar-refractivity contribution is 0.307. The fourth-order valence-electron chi connectivity index (χ4n) is 10.5. The summed E-state index contributed by atoms with van der Waals surface area (Å²) in [5.41, 5.74) is 17.6. The standard InChI is InChI=1S/C72H54N4O4/c1-5-21-49(22-6-1)45-77-65-33-17-13-29-53(65)69-57-37-39-59(73-57)70(54-30-14-18-34-66(54)78-46-50-23-7-2-8-24-50)61-41-43-63(75-61)72(56-32-16-20-36-68(56)80-48-52-27-11-4-12-28-52)64-44-42-62(76-64)71(60-40-38-58(69)74-60)55-31-15-19-35-67(55)79-47-51-25-9-3-10-26-51/h1-44,73,76H,45-48H2. The molecular formula is C72H54N4O4. The third-order valence-electron chi connectivity index (χ3n) is 14.3. The van der Waals surface area contributed by atoms with E-state index in [4.69, 9.17) is 28.9 Å². The molecule has 11 aromatic rings. The Kier molecular flexibility index (Phi) is 13.9. The van der Waals surface area contributed by atoms with Gasteiger partial charge in [0.1, 0.15) is 49.4 Å². The van der Waals surface area contributed by atoms with Crippen LogP contribution in [0.2, 0.25) is 0 Å². The Morgan fingerprint density at radius 1 is 0.237 bits per heavy atom. The van der Waals surface area contributed by atoms with Crippen LogP contribution in [0.25, 0.3) is 90.9 Å². The number of aromatic amines is 2. The largest absolute Gasteiger partial charge is 0.488 e. The zero-order valence-electron chi connectivity index (χ0n) is 43.8. The van der Waals surface area contributed by atoms with Crippen molar-refractivity contribution in [3.05, 3.63) is 288 Å². The monoisotopic (exact) mass is 1040 g/mol. The molecule has 0 saturated heterocycles. The molecule has 0 radical (unpaired) electrons. The van der Waals surface area contributed by atoms with Crippen molar-refractivity contribution < 1.29 is 18.9 Å². The summed E-state index contributed by atoms with van der Waals surface area (Å²) in [5, 5.41) is 0. The summed E-state index contributed by atoms with van der Waals surface area (Å²) in [6.45, 7) is 1.55. The van der Waals surface area contributed by atoms with Crippen LogP contribution >= 0.6 is 0 Å². The predicted octanol–water partition coefficient (Wildman–Crippen LogP) is 17.6. The zero-order valence-corrected chi connectivity index (χ0v) is 43.8. The Morgan fingerprint density at radius 2 is 0.450 bits per heavy atom. The van der Waals surface area contributed by atoms with E-state index in [0.717, 1.165) is 135 Å². The lowest BCUT2D eigenvalue weighted by Gasteiger charge is -2.14. The molecule has 8 nitrogen and oxygen atoms in total. The average Bonchev–Trinajstić information content (AvgIpc) is 4.44. The first kappa shape index (κ1) is 49.2. The van der Waals surface area contributed by atoms with E-state index < -0.39 is 0 Å². The molecule has 8 aromatic carbocycles. The minimum Gasteiger partial charge on any atom is -0.488 e. The molecule has 13 rings (SSSR count). The van der Waals surface area contributed by atoms with E-state index in [-0.39, 0.29) is 0 Å². The second kappa shape index (κ2) is 22.6. The van der Waals surface area contributed by atoms with Crippen LogP contribution in [0.5, 0.6) is 23.0 Å². The molecular weight excluding hydrogens is 985 g/mol. The highest BCUT2D eigenvalue weighted by atomic mass is 16.5. The van der Waals surface area contributed by atoms with Gasteiger partial charge in [0.05, 0.1) is 22.8 Å². The maximum atomic E-state index is 6.75. The first-order chi connectivity index (χ1) is 39.7. The van der Waals surface area contributed by atoms with Crippen molar-refractivity contribution in [2.24, 2.45) is 0 Å². The van der Waals surface area contributed by atoms with Gasteiger partial charge in [-0.1, -0.05) is 194 Å². The third-order valence-corrected chi connectivity index (χ3v) is 14.3. The van der Waals surface area contributed by atoms with Gasteiger partial charge in [-0.15, -0.1) is 0 Å². The maximum absolute atomic E-state index is 6.75. The lowest BCUT2D eigenvalue weighted by Crippen LogP contribution is -1.98. The van der Waals surface area contributed by atoms with Gasteiger partial charge in [0.15, 0.2) is 0 Å². The number of hydrogen-bond donors (Lipinski definition) is 2. The van der Waals surface area contributed by atoms with Crippen LogP contribution in [0.3, 0.4) is 0 Å². The van der Waals surface area contributed by atoms with E-state index in [2.05, 4.69) is 156 Å². The quantitative estimate of drug-likeness (QED) is 0.100. The van der Waals surface area contributed by atoms with Gasteiger partial charge in [-0.25, -0.2) is 9.97 Å². The van der Waals surface area contributed by atoms with E-state index >= 15 is 0 Å². The second-order valence-electron chi connectivity index (χ2n) is 19.6. The first-order valence-electron chi connectivity index (χ1n) is 26.9. The number of nitrogens with one attached hydrogen (secondary N) is 2. The summed E-state index contributed by atoms with van der Waals surface area (Å²) in [7, 11) is 0. The Labute approximate surface area is 464 Å². The van der Waals surface area contributed by atoms with Crippen LogP contribution in [0.4, 0.5) is 0 Å². The van der Waals surface area contributed by atoms with Crippen LogP contribution < -0.4 is 18.9 Å². The van der Waals surface area contributed by atoms with Gasteiger partial charge in [0.25, 0.3) is 0 Å². The number of benzene rings is 8. The van der Waals surface area contributed by atoms with Crippen molar-refractivity contribution in [3.8, 4) is 67.5 Å². The molecule has 0 amide bonds. The summed E-state index contributed by atoms with van der Waals surface area (Å²) < 4.78 is 27.0. The molecule has 3 aromatic heterocycles. The van der Waals surface area contributed by atoms with Crippen LogP contribution in [-0.2, 0) is 26.4 Å². The Balaban J connectivity index is 1.10. The van der Waals surface area contributed by atoms with Crippen LogP contribution in [0, 0.1) is 0 Å². The average molecular weight is 1040 g/mol. The molecule has 2 N–H and O–H groups in total. The molecule has 8 bridgehead atoms. The number of fused-ring (bicyclic) bond motifs is 8. The van der Waals surface area contributed by atoms with Crippen LogP contribution in [0.1, 0.15) is 45.0 Å². The SMILES string of the molecule is C1=Cc2nc1c(-c1ccccc1OCc1ccccc1)c1ccc([nH]1)c(-c1ccccc1OCc1ccccc1)c1nc(c(-c3ccccc3OCc3ccccc3)c3ccc([nH]3)c2-c2ccccc2OCc2ccccc2)C=C1. The summed E-state index contributed by atoms with van der Waals surface area (Å²) >= 11 is 0. The number of nitrogens with zero attached hydrogens (tertiary/aromatic N) is 2. The van der Waals surface area contributed by atoms with Crippen molar-refractivity contribution in [3.63, 3.8) is 0 Å². The molecule has 0 aliphatic carbocycles. The molecule has 0 spiro atoms. The number of rotatable bonds is 16. The van der Waals surface area contributed by atoms with Crippen molar-refractivity contribution >= 4 is 46.4 Å². The van der Waals surface area contributed by atoms with Crippen LogP contribution in [-0.4, -0.2) is 19.9 Å². The van der Waals surface area contributed by atoms with E-state index in [0.29, 0.717) is 26.4 Å². The van der Waals surface area contributed by atoms with Gasteiger partial charge < -0.3 is 28.9 Å². The fourth-order valence-corrected chi connectivity index (χ4v) is 10.5. The molecule has 0 saturated carbocycles. The van der Waals surface area contributed by atoms with Crippen molar-refractivity contribution in [1.82, 2.24) is 19.9 Å². The number of ether oxygens (including phenoxy) is 4. The van der Waals surface area contributed by atoms with Crippen LogP contribution in [0.15, 0.2) is 243 Å². The normalized spacial score (nSPS) is 11.6. The molecule has 8 heteroatoms. The number of H-pyrrole nitrogens is 2. The molecule has 2 aliphatic heterocycles. The third kappa shape index (κ3) is 10.4. The fraction of sp³-hybridized carbons (Fsp3) is 0.0556. The Morgan fingerprint density at radius 3 is 0.688 bits per heavy atom. The van der Waals surface area contributed by atoms with Gasteiger partial charge in [0.2, 0.25) is 0 Å². The van der Waals surface area contributed by atoms with Crippen molar-refractivity contribution in [2.75, 3.05) is 0 Å². The number of aromatic nitrogens is 4. The number of para-hydroxylation sites is 4. The zero-order chi connectivity index (χ0) is 53.5. The van der Waals surface area contributed by atoms with E-state index in [9.17, 15) is 0 Å². The minimum absolute atomic E-state index is 0.388. The highest BCUT2D eigenvalue weighted by Gasteiger charge is 2.23. The first-order valence-corrected chi connectivity index (χ1v) is 26.9. The topological polar surface area (TPSA) is 94.3 Å². The highest BCUT2D eigenvalue weighted by molar-refractivity contribution is 6.01. The summed E-state index contributed by atoms with van der Waals surface area (Å²) in [6, 6.07) is 82.3. The van der Waals surface area contributed by atoms with Gasteiger partial charge in [-0.3, -0.25) is 0 Å². The Bertz CT molecular complexity index is 3710. The molecule has 80 heavy (non-hydrogen) atoms. The minimum atomic E-state index is 0.388. The summed E-state index contributed by atoms with van der Waals surface area (Å²) in [4.78, 5) is 19.2. The Hall–Kier alpha value is -10.4. The van der Waals surface area contributed by atoms with E-state index in [1.165, 1.54) is 0 Å². The predicted molar refractivity (Wildman–Crippen MR) is 324 cm³/mol. The van der Waals surface area contributed by atoms with Gasteiger partial charge >= 0.3 is 0 Å². The molecule has 386 valence electrons. The summed E-state index contributed by atoms with van der Waals surface area (Å²) in [5.74, 6) is 2.89. The summed E-state index contributed by atoms with van der Waals surface area (Å²) in [6.07, 6.45) is 8.42. The molecule has 0 fully saturated rings. The lowest BCUT2D eigenvalue weighted by atomic mass is 10.0. The van der Waals surface area contributed by atoms with Crippen molar-refractivity contribution in [1.29, 1.82) is 0 Å². The maximum Gasteiger partial charge on any atom is 0.127 e. The van der Waals surface area contributed by atoms with Gasteiger partial charge in [-0.2, -0.15) is 0 Å². The van der Waals surface area contributed by atoms with Crippen molar-refractivity contribution in [2.45, 2.75) is 26.4 Å². The molecule has 2 aliphatic rings. The number of hydrogen-bond acceptors (Lipinski definition) is 6. The molecule has 0 unspecified atom stereocenters. The smallest absolute Gasteiger partial charge is 0.127 e. The molecule has 0 atom stereocenters. The highest BCUT2D eigenvalue weighted by Crippen LogP contribution is 2.44. The van der Waals surface area contributed by atoms with E-state index in [1.54, 1.807) is 0 Å². The van der Waals surface area contributed by atoms with E-state index in [1.807, 2.05) is 121 Å². The second-order valence-corrected chi connectivity index (χ2v) is 19.6. The van der Waals surface area contributed by atoms with Gasteiger partial charge in [-0.05, 0) is 95.1 Å². The van der Waals surface area contributed by atoms with Gasteiger partial charge in [0, 0.05) is 66.6 Å².